The van der Waals surface area contributed by atoms with Crippen LogP contribution in [0.15, 0.2) is 78.0 Å². The van der Waals surface area contributed by atoms with E-state index in [2.05, 4.69) is 25.6 Å². The van der Waals surface area contributed by atoms with Gasteiger partial charge in [0.15, 0.2) is 0 Å². The van der Waals surface area contributed by atoms with Crippen molar-refractivity contribution in [2.24, 2.45) is 0 Å². The molecule has 1 aliphatic heterocycles. The molecule has 1 aromatic heterocycles. The number of rotatable bonds is 8. The van der Waals surface area contributed by atoms with Gasteiger partial charge in [-0.15, -0.1) is 0 Å². The summed E-state index contributed by atoms with van der Waals surface area (Å²) in [5, 5.41) is 0. The van der Waals surface area contributed by atoms with Gasteiger partial charge in [0.25, 0.3) is 0 Å². The highest BCUT2D eigenvalue weighted by molar-refractivity contribution is 7.89. The van der Waals surface area contributed by atoms with Gasteiger partial charge in [0.05, 0.1) is 23.7 Å². The molecule has 8 heteroatoms. The predicted molar refractivity (Wildman–Crippen MR) is 130 cm³/mol. The van der Waals surface area contributed by atoms with Crippen LogP contribution in [0, 0.1) is 6.92 Å². The fourth-order valence-electron chi connectivity index (χ4n) is 4.19. The lowest BCUT2D eigenvalue weighted by Crippen LogP contribution is -2.50. The Hall–Kier alpha value is -2.94. The number of piperazine rings is 1. The molecule has 0 aliphatic carbocycles. The van der Waals surface area contributed by atoms with Crippen LogP contribution in [-0.2, 0) is 10.0 Å². The topological polar surface area (TPSA) is 74.8 Å². The summed E-state index contributed by atoms with van der Waals surface area (Å²) in [5.41, 5.74) is 3.10. The first-order valence-corrected chi connectivity index (χ1v) is 12.5. The third-order valence-electron chi connectivity index (χ3n) is 6.05. The van der Waals surface area contributed by atoms with Gasteiger partial charge in [-0.25, -0.2) is 13.1 Å². The number of aromatic nitrogens is 1. The van der Waals surface area contributed by atoms with Crippen molar-refractivity contribution in [1.29, 1.82) is 0 Å². The van der Waals surface area contributed by atoms with E-state index in [-0.39, 0.29) is 17.5 Å². The molecule has 0 spiro atoms. The number of methoxy groups -OCH3 is 1. The fourth-order valence-corrected chi connectivity index (χ4v) is 5.22. The first-order chi connectivity index (χ1) is 16.0. The van der Waals surface area contributed by atoms with Crippen molar-refractivity contribution in [3.63, 3.8) is 0 Å². The number of sulfonamides is 1. The molecule has 2 aromatic carbocycles. The van der Waals surface area contributed by atoms with E-state index in [0.717, 1.165) is 48.7 Å². The Kier molecular flexibility index (Phi) is 7.27. The summed E-state index contributed by atoms with van der Waals surface area (Å²) < 4.78 is 34.2. The molecule has 1 aliphatic rings. The monoisotopic (exact) mass is 466 g/mol. The van der Waals surface area contributed by atoms with Crippen molar-refractivity contribution in [2.45, 2.75) is 17.9 Å². The zero-order valence-corrected chi connectivity index (χ0v) is 19.8. The van der Waals surface area contributed by atoms with Crippen LogP contribution in [0.25, 0.3) is 0 Å². The van der Waals surface area contributed by atoms with E-state index in [1.54, 1.807) is 25.4 Å². The van der Waals surface area contributed by atoms with E-state index in [4.69, 9.17) is 4.74 Å². The summed E-state index contributed by atoms with van der Waals surface area (Å²) in [6.07, 6.45) is 3.55. The molecule has 0 amide bonds. The minimum Gasteiger partial charge on any atom is -0.495 e. The minimum atomic E-state index is -3.61. The van der Waals surface area contributed by atoms with Crippen LogP contribution < -0.4 is 14.4 Å². The number of benzene rings is 2. The number of hydrogen-bond donors (Lipinski definition) is 1. The molecular weight excluding hydrogens is 436 g/mol. The molecule has 1 saturated heterocycles. The van der Waals surface area contributed by atoms with Crippen molar-refractivity contribution in [1.82, 2.24) is 14.6 Å². The van der Waals surface area contributed by atoms with E-state index >= 15 is 0 Å². The van der Waals surface area contributed by atoms with Crippen molar-refractivity contribution in [3.8, 4) is 5.75 Å². The molecule has 0 radical (unpaired) electrons. The summed E-state index contributed by atoms with van der Waals surface area (Å²) in [6.45, 7) is 5.45. The Morgan fingerprint density at radius 2 is 1.73 bits per heavy atom. The largest absolute Gasteiger partial charge is 0.495 e. The summed E-state index contributed by atoms with van der Waals surface area (Å²) in [4.78, 5) is 9.18. The van der Waals surface area contributed by atoms with Gasteiger partial charge in [-0.05, 0) is 42.8 Å². The molecular formula is C25H30N4O3S. The Morgan fingerprint density at radius 3 is 2.39 bits per heavy atom. The van der Waals surface area contributed by atoms with Gasteiger partial charge in [-0.2, -0.15) is 0 Å². The van der Waals surface area contributed by atoms with Crippen LogP contribution in [-0.4, -0.2) is 58.1 Å². The number of nitrogens with zero attached hydrogens (tertiary/aromatic N) is 3. The Bertz CT molecular complexity index is 1150. The Balaban J connectivity index is 1.48. The molecule has 0 saturated carbocycles. The number of para-hydroxylation sites is 2. The lowest BCUT2D eigenvalue weighted by atomic mass is 10.1. The third kappa shape index (κ3) is 5.52. The van der Waals surface area contributed by atoms with Crippen LogP contribution in [0.4, 0.5) is 5.69 Å². The van der Waals surface area contributed by atoms with Gasteiger partial charge in [0, 0.05) is 45.1 Å². The molecule has 3 aromatic rings. The van der Waals surface area contributed by atoms with E-state index in [9.17, 15) is 8.42 Å². The van der Waals surface area contributed by atoms with Crippen molar-refractivity contribution in [3.05, 3.63) is 84.2 Å². The number of aryl methyl sites for hydroxylation is 1. The van der Waals surface area contributed by atoms with Crippen LogP contribution in [0.3, 0.4) is 0 Å². The van der Waals surface area contributed by atoms with E-state index < -0.39 is 10.0 Å². The maximum absolute atomic E-state index is 12.9. The standard InChI is InChI=1S/C25H30N4O3S/c1-20-9-11-22(12-10-20)33(30,31)27-19-24(21-6-5-13-26-18-21)29-16-14-28(15-17-29)23-7-3-4-8-25(23)32-2/h3-13,18,24,27H,14-17,19H2,1-2H3/t24-/m1/s1. The van der Waals surface area contributed by atoms with Crippen molar-refractivity contribution >= 4 is 15.7 Å². The summed E-state index contributed by atoms with van der Waals surface area (Å²) in [7, 11) is -1.92. The molecule has 0 bridgehead atoms. The van der Waals surface area contributed by atoms with Crippen molar-refractivity contribution in [2.75, 3.05) is 44.7 Å². The van der Waals surface area contributed by atoms with Crippen LogP contribution in [0.1, 0.15) is 17.2 Å². The molecule has 1 atom stereocenters. The quantitative estimate of drug-likeness (QED) is 0.549. The number of ether oxygens (including phenoxy) is 1. The summed E-state index contributed by atoms with van der Waals surface area (Å²) in [6, 6.07) is 18.7. The highest BCUT2D eigenvalue weighted by atomic mass is 32.2. The average molecular weight is 467 g/mol. The summed E-state index contributed by atoms with van der Waals surface area (Å²) >= 11 is 0. The SMILES string of the molecule is COc1ccccc1N1CCN([C@H](CNS(=O)(=O)c2ccc(C)cc2)c2cccnc2)CC1. The van der Waals surface area contributed by atoms with E-state index in [1.807, 2.05) is 55.6 Å². The zero-order chi connectivity index (χ0) is 23.3. The van der Waals surface area contributed by atoms with Crippen LogP contribution in [0.2, 0.25) is 0 Å². The second kappa shape index (κ2) is 10.3. The number of nitrogens with one attached hydrogen (secondary N) is 1. The smallest absolute Gasteiger partial charge is 0.240 e. The number of hydrogen-bond acceptors (Lipinski definition) is 6. The second-order valence-corrected chi connectivity index (χ2v) is 9.93. The highest BCUT2D eigenvalue weighted by Gasteiger charge is 2.28. The lowest BCUT2D eigenvalue weighted by molar-refractivity contribution is 0.186. The van der Waals surface area contributed by atoms with Crippen LogP contribution in [0.5, 0.6) is 5.75 Å². The minimum absolute atomic E-state index is 0.112. The average Bonchev–Trinajstić information content (AvgIpc) is 2.85. The summed E-state index contributed by atoms with van der Waals surface area (Å²) in [5.74, 6) is 0.862. The normalized spacial score (nSPS) is 15.9. The van der Waals surface area contributed by atoms with Crippen molar-refractivity contribution < 1.29 is 13.2 Å². The molecule has 0 unspecified atom stereocenters. The second-order valence-electron chi connectivity index (χ2n) is 8.16. The molecule has 7 nitrogen and oxygen atoms in total. The Morgan fingerprint density at radius 1 is 1.00 bits per heavy atom. The number of anilines is 1. The number of pyridine rings is 1. The van der Waals surface area contributed by atoms with Gasteiger partial charge >= 0.3 is 0 Å². The molecule has 1 N–H and O–H groups in total. The molecule has 174 valence electrons. The van der Waals surface area contributed by atoms with Gasteiger partial charge in [0.2, 0.25) is 10.0 Å². The van der Waals surface area contributed by atoms with E-state index in [0.29, 0.717) is 0 Å². The Labute approximate surface area is 196 Å². The van der Waals surface area contributed by atoms with Gasteiger partial charge < -0.3 is 9.64 Å². The van der Waals surface area contributed by atoms with Crippen LogP contribution >= 0.6 is 0 Å². The van der Waals surface area contributed by atoms with E-state index in [1.165, 1.54) is 0 Å². The maximum atomic E-state index is 12.9. The van der Waals surface area contributed by atoms with Gasteiger partial charge in [-0.3, -0.25) is 9.88 Å². The van der Waals surface area contributed by atoms with Gasteiger partial charge in [0.1, 0.15) is 5.75 Å². The fraction of sp³-hybridized carbons (Fsp3) is 0.320. The molecule has 2 heterocycles. The van der Waals surface area contributed by atoms with Gasteiger partial charge in [-0.1, -0.05) is 35.9 Å². The third-order valence-corrected chi connectivity index (χ3v) is 7.49. The first kappa shape index (κ1) is 23.2. The molecule has 1 fully saturated rings. The predicted octanol–water partition coefficient (Wildman–Crippen LogP) is 3.24. The lowest BCUT2D eigenvalue weighted by Gasteiger charge is -2.40. The molecule has 4 rings (SSSR count). The molecule has 33 heavy (non-hydrogen) atoms. The maximum Gasteiger partial charge on any atom is 0.240 e. The first-order valence-electron chi connectivity index (χ1n) is 11.1. The highest BCUT2D eigenvalue weighted by Crippen LogP contribution is 2.30. The zero-order valence-electron chi connectivity index (χ0n) is 19.0.